The van der Waals surface area contributed by atoms with Gasteiger partial charge < -0.3 is 10.2 Å². The van der Waals surface area contributed by atoms with E-state index in [4.69, 9.17) is 11.6 Å². The molecule has 0 aliphatic carbocycles. The second-order valence-electron chi connectivity index (χ2n) is 5.51. The summed E-state index contributed by atoms with van der Waals surface area (Å²) in [6.45, 7) is 2.19. The van der Waals surface area contributed by atoms with Crippen LogP contribution in [0.4, 0.5) is 10.5 Å². The maximum absolute atomic E-state index is 12.3. The Morgan fingerprint density at radius 1 is 1.29 bits per heavy atom. The highest BCUT2D eigenvalue weighted by Gasteiger charge is 2.16. The molecule has 0 saturated heterocycles. The van der Waals surface area contributed by atoms with E-state index in [0.717, 1.165) is 5.56 Å². The van der Waals surface area contributed by atoms with Crippen molar-refractivity contribution in [2.24, 2.45) is 0 Å². The van der Waals surface area contributed by atoms with E-state index in [1.165, 1.54) is 17.0 Å². The molecule has 0 radical (unpaired) electrons. The molecule has 2 aromatic rings. The molecule has 0 saturated carbocycles. The molecule has 24 heavy (non-hydrogen) atoms. The summed E-state index contributed by atoms with van der Waals surface area (Å²) in [5.74, 6) is 0. The van der Waals surface area contributed by atoms with Gasteiger partial charge in [0.25, 0.3) is 5.69 Å². The second-order valence-corrected chi connectivity index (χ2v) is 5.95. The van der Waals surface area contributed by atoms with Gasteiger partial charge in [0.15, 0.2) is 0 Å². The Morgan fingerprint density at radius 3 is 2.67 bits per heavy atom. The maximum atomic E-state index is 12.3. The van der Waals surface area contributed by atoms with Crippen LogP contribution in [0, 0.1) is 10.1 Å². The van der Waals surface area contributed by atoms with Crippen LogP contribution in [0.5, 0.6) is 0 Å². The van der Waals surface area contributed by atoms with Crippen LogP contribution in [-0.2, 0) is 6.54 Å². The minimum absolute atomic E-state index is 0.000816. The smallest absolute Gasteiger partial charge is 0.317 e. The molecular weight excluding hydrogens is 330 g/mol. The summed E-state index contributed by atoms with van der Waals surface area (Å²) in [7, 11) is 1.68. The average molecular weight is 348 g/mol. The molecule has 0 bridgehead atoms. The molecule has 2 rings (SSSR count). The van der Waals surface area contributed by atoms with Gasteiger partial charge >= 0.3 is 6.03 Å². The zero-order chi connectivity index (χ0) is 17.7. The van der Waals surface area contributed by atoms with E-state index in [0.29, 0.717) is 17.1 Å². The van der Waals surface area contributed by atoms with Crippen molar-refractivity contribution in [2.45, 2.75) is 19.5 Å². The molecule has 0 spiro atoms. The predicted molar refractivity (Wildman–Crippen MR) is 93.0 cm³/mol. The Balaban J connectivity index is 2.00. The Bertz CT molecular complexity index is 751. The highest BCUT2D eigenvalue weighted by atomic mass is 35.5. The number of benzene rings is 2. The number of rotatable bonds is 5. The first-order valence-corrected chi connectivity index (χ1v) is 7.75. The molecular formula is C17H18ClN3O3. The lowest BCUT2D eigenvalue weighted by molar-refractivity contribution is -0.384. The summed E-state index contributed by atoms with van der Waals surface area (Å²) in [5, 5.41) is 14.3. The van der Waals surface area contributed by atoms with Gasteiger partial charge in [0.2, 0.25) is 0 Å². The molecule has 0 aromatic heterocycles. The topological polar surface area (TPSA) is 75.5 Å². The molecule has 1 atom stereocenters. The molecule has 126 valence electrons. The van der Waals surface area contributed by atoms with Gasteiger partial charge in [0.05, 0.1) is 11.0 Å². The molecule has 2 amide bonds. The zero-order valence-corrected chi connectivity index (χ0v) is 14.2. The normalized spacial score (nSPS) is 11.6. The molecule has 0 unspecified atom stereocenters. The van der Waals surface area contributed by atoms with Crippen LogP contribution in [0.25, 0.3) is 0 Å². The highest BCUT2D eigenvalue weighted by Crippen LogP contribution is 2.19. The van der Waals surface area contributed by atoms with Crippen molar-refractivity contribution in [3.05, 3.63) is 74.8 Å². The van der Waals surface area contributed by atoms with Gasteiger partial charge in [0, 0.05) is 30.7 Å². The maximum Gasteiger partial charge on any atom is 0.317 e. The molecule has 0 heterocycles. The minimum Gasteiger partial charge on any atom is -0.331 e. The number of nitro benzene ring substituents is 1. The molecule has 0 aliphatic rings. The van der Waals surface area contributed by atoms with Crippen molar-refractivity contribution in [2.75, 3.05) is 7.05 Å². The van der Waals surface area contributed by atoms with Crippen LogP contribution < -0.4 is 5.32 Å². The number of amides is 2. The fraction of sp³-hybridized carbons (Fsp3) is 0.235. The fourth-order valence-corrected chi connectivity index (χ4v) is 2.48. The number of halogens is 1. The first-order valence-electron chi connectivity index (χ1n) is 7.37. The molecule has 6 nitrogen and oxygen atoms in total. The molecule has 0 fully saturated rings. The molecule has 1 N–H and O–H groups in total. The third-order valence-corrected chi connectivity index (χ3v) is 3.81. The molecule has 0 aliphatic heterocycles. The number of nitrogens with one attached hydrogen (secondary N) is 1. The largest absolute Gasteiger partial charge is 0.331 e. The van der Waals surface area contributed by atoms with Crippen LogP contribution in [-0.4, -0.2) is 22.9 Å². The van der Waals surface area contributed by atoms with Gasteiger partial charge in [-0.25, -0.2) is 4.79 Å². The Kier molecular flexibility index (Phi) is 5.76. The first-order chi connectivity index (χ1) is 11.4. The predicted octanol–water partition coefficient (Wildman–Crippen LogP) is 4.15. The SMILES string of the molecule is C[C@@H](NC(=O)N(C)Cc1cccc(Cl)c1)c1cccc([N+](=O)[O-])c1. The second kappa shape index (κ2) is 7.79. The first kappa shape index (κ1) is 17.7. The summed E-state index contributed by atoms with van der Waals surface area (Å²) >= 11 is 5.94. The van der Waals surface area contributed by atoms with Crippen molar-refractivity contribution in [1.29, 1.82) is 0 Å². The number of nitrogens with zero attached hydrogens (tertiary/aromatic N) is 2. The van der Waals surface area contributed by atoms with Crippen LogP contribution in [0.2, 0.25) is 5.02 Å². The van der Waals surface area contributed by atoms with E-state index in [1.54, 1.807) is 38.2 Å². The fourth-order valence-electron chi connectivity index (χ4n) is 2.27. The minimum atomic E-state index is -0.455. The number of carbonyl (C=O) groups excluding carboxylic acids is 1. The standard InChI is InChI=1S/C17H18ClN3O3/c1-12(14-6-4-8-16(10-14)21(23)24)19-17(22)20(2)11-13-5-3-7-15(18)9-13/h3-10,12H,11H2,1-2H3,(H,19,22)/t12-/m1/s1. The van der Waals surface area contributed by atoms with Crippen LogP contribution in [0.3, 0.4) is 0 Å². The van der Waals surface area contributed by atoms with Crippen molar-refractivity contribution >= 4 is 23.3 Å². The zero-order valence-electron chi connectivity index (χ0n) is 13.4. The van der Waals surface area contributed by atoms with E-state index >= 15 is 0 Å². The van der Waals surface area contributed by atoms with Crippen molar-refractivity contribution in [3.8, 4) is 0 Å². The summed E-state index contributed by atoms with van der Waals surface area (Å²) < 4.78 is 0. The van der Waals surface area contributed by atoms with E-state index in [9.17, 15) is 14.9 Å². The van der Waals surface area contributed by atoms with Crippen molar-refractivity contribution in [3.63, 3.8) is 0 Å². The van der Waals surface area contributed by atoms with Gasteiger partial charge in [-0.05, 0) is 30.2 Å². The number of hydrogen-bond donors (Lipinski definition) is 1. The summed E-state index contributed by atoms with van der Waals surface area (Å²) in [6.07, 6.45) is 0. The number of non-ortho nitro benzene ring substituents is 1. The molecule has 7 heteroatoms. The van der Waals surface area contributed by atoms with Crippen molar-refractivity contribution in [1.82, 2.24) is 10.2 Å². The average Bonchev–Trinajstić information content (AvgIpc) is 2.54. The van der Waals surface area contributed by atoms with E-state index in [1.807, 2.05) is 12.1 Å². The van der Waals surface area contributed by atoms with Crippen molar-refractivity contribution < 1.29 is 9.72 Å². The van der Waals surface area contributed by atoms with E-state index < -0.39 is 4.92 Å². The van der Waals surface area contributed by atoms with Crippen LogP contribution in [0.15, 0.2) is 48.5 Å². The van der Waals surface area contributed by atoms with Gasteiger partial charge in [-0.3, -0.25) is 10.1 Å². The third kappa shape index (κ3) is 4.70. The Hall–Kier alpha value is -2.60. The van der Waals surface area contributed by atoms with Gasteiger partial charge in [0.1, 0.15) is 0 Å². The summed E-state index contributed by atoms with van der Waals surface area (Å²) in [4.78, 5) is 24.2. The number of hydrogen-bond acceptors (Lipinski definition) is 3. The quantitative estimate of drug-likeness (QED) is 0.652. The summed E-state index contributed by atoms with van der Waals surface area (Å²) in [5.41, 5.74) is 1.60. The Morgan fingerprint density at radius 2 is 2.00 bits per heavy atom. The lowest BCUT2D eigenvalue weighted by Gasteiger charge is -2.21. The summed E-state index contributed by atoms with van der Waals surface area (Å²) in [6, 6.07) is 12.9. The van der Waals surface area contributed by atoms with E-state index in [2.05, 4.69) is 5.32 Å². The number of carbonyl (C=O) groups is 1. The van der Waals surface area contributed by atoms with Crippen LogP contribution in [0.1, 0.15) is 24.1 Å². The lowest BCUT2D eigenvalue weighted by Crippen LogP contribution is -2.38. The van der Waals surface area contributed by atoms with E-state index in [-0.39, 0.29) is 17.8 Å². The number of urea groups is 1. The van der Waals surface area contributed by atoms with Gasteiger partial charge in [-0.15, -0.1) is 0 Å². The van der Waals surface area contributed by atoms with Crippen LogP contribution >= 0.6 is 11.6 Å². The monoisotopic (exact) mass is 347 g/mol. The highest BCUT2D eigenvalue weighted by molar-refractivity contribution is 6.30. The number of nitro groups is 1. The van der Waals surface area contributed by atoms with Gasteiger partial charge in [-0.1, -0.05) is 35.9 Å². The molecule has 2 aromatic carbocycles. The third-order valence-electron chi connectivity index (χ3n) is 3.58. The lowest BCUT2D eigenvalue weighted by atomic mass is 10.1. The van der Waals surface area contributed by atoms with Gasteiger partial charge in [-0.2, -0.15) is 0 Å². The Labute approximate surface area is 145 Å².